The van der Waals surface area contributed by atoms with Gasteiger partial charge in [-0.3, -0.25) is 4.57 Å². The van der Waals surface area contributed by atoms with Crippen LogP contribution in [0, 0.1) is 6.92 Å². The van der Waals surface area contributed by atoms with E-state index in [0.29, 0.717) is 12.0 Å². The van der Waals surface area contributed by atoms with Gasteiger partial charge in [-0.2, -0.15) is 11.8 Å². The summed E-state index contributed by atoms with van der Waals surface area (Å²) >= 11 is 1.97. The molecule has 0 aromatic carbocycles. The fourth-order valence-corrected chi connectivity index (χ4v) is 3.36. The highest BCUT2D eigenvalue weighted by atomic mass is 32.2. The van der Waals surface area contributed by atoms with Crippen molar-refractivity contribution in [3.8, 4) is 0 Å². The quantitative estimate of drug-likeness (QED) is 0.820. The van der Waals surface area contributed by atoms with Crippen molar-refractivity contribution in [2.45, 2.75) is 19.4 Å². The van der Waals surface area contributed by atoms with Crippen LogP contribution in [-0.2, 0) is 0 Å². The number of hydrogen-bond donors (Lipinski definition) is 1. The molecule has 1 atom stereocenters. The molecule has 0 aliphatic carbocycles. The SMILES string of the molecule is Cc1ccc2nc(N)n(C3CCSC3)c2n1. The van der Waals surface area contributed by atoms with Crippen molar-refractivity contribution in [2.24, 2.45) is 0 Å². The lowest BCUT2D eigenvalue weighted by Gasteiger charge is -2.12. The summed E-state index contributed by atoms with van der Waals surface area (Å²) in [4.78, 5) is 8.92. The number of nitrogen functional groups attached to an aromatic ring is 1. The molecule has 3 heterocycles. The summed E-state index contributed by atoms with van der Waals surface area (Å²) < 4.78 is 2.10. The van der Waals surface area contributed by atoms with Gasteiger partial charge in [-0.15, -0.1) is 0 Å². The first kappa shape index (κ1) is 9.96. The number of nitrogens with two attached hydrogens (primary N) is 1. The molecule has 2 aromatic heterocycles. The van der Waals surface area contributed by atoms with E-state index in [4.69, 9.17) is 5.73 Å². The van der Waals surface area contributed by atoms with Crippen LogP contribution in [0.25, 0.3) is 11.2 Å². The first-order chi connectivity index (χ1) is 7.75. The molecular formula is C11H14N4S. The predicted octanol–water partition coefficient (Wildman–Crippen LogP) is 2.00. The van der Waals surface area contributed by atoms with Crippen molar-refractivity contribution in [1.29, 1.82) is 0 Å². The van der Waals surface area contributed by atoms with Gasteiger partial charge in [0, 0.05) is 17.5 Å². The maximum Gasteiger partial charge on any atom is 0.202 e. The molecule has 0 radical (unpaired) electrons. The summed E-state index contributed by atoms with van der Waals surface area (Å²) in [5.41, 5.74) is 8.84. The number of nitrogens with zero attached hydrogens (tertiary/aromatic N) is 3. The van der Waals surface area contributed by atoms with Crippen molar-refractivity contribution < 1.29 is 0 Å². The number of hydrogen-bond acceptors (Lipinski definition) is 4. The minimum Gasteiger partial charge on any atom is -0.369 e. The van der Waals surface area contributed by atoms with E-state index in [1.165, 1.54) is 5.75 Å². The Morgan fingerprint density at radius 1 is 1.44 bits per heavy atom. The molecule has 4 nitrogen and oxygen atoms in total. The zero-order valence-corrected chi connectivity index (χ0v) is 10.00. The second kappa shape index (κ2) is 3.66. The number of aryl methyl sites for hydroxylation is 1. The molecule has 1 aliphatic heterocycles. The number of fused-ring (bicyclic) bond motifs is 1. The Kier molecular flexibility index (Phi) is 2.28. The molecule has 16 heavy (non-hydrogen) atoms. The predicted molar refractivity (Wildman–Crippen MR) is 67.7 cm³/mol. The van der Waals surface area contributed by atoms with Crippen LogP contribution in [0.1, 0.15) is 18.2 Å². The first-order valence-corrected chi connectivity index (χ1v) is 6.60. The number of aromatic nitrogens is 3. The standard InChI is InChI=1S/C11H14N4S/c1-7-2-3-9-10(13-7)15(11(12)14-9)8-4-5-16-6-8/h2-3,8H,4-6H2,1H3,(H2,12,14). The highest BCUT2D eigenvalue weighted by Crippen LogP contribution is 2.32. The Morgan fingerprint density at radius 2 is 2.31 bits per heavy atom. The summed E-state index contributed by atoms with van der Waals surface area (Å²) in [6, 6.07) is 4.43. The third-order valence-electron chi connectivity index (χ3n) is 2.97. The molecule has 0 spiro atoms. The van der Waals surface area contributed by atoms with Crippen molar-refractivity contribution in [3.05, 3.63) is 17.8 Å². The lowest BCUT2D eigenvalue weighted by Crippen LogP contribution is -2.11. The highest BCUT2D eigenvalue weighted by molar-refractivity contribution is 7.99. The molecule has 1 aliphatic rings. The van der Waals surface area contributed by atoms with Gasteiger partial charge in [0.25, 0.3) is 0 Å². The van der Waals surface area contributed by atoms with Crippen molar-refractivity contribution in [2.75, 3.05) is 17.2 Å². The smallest absolute Gasteiger partial charge is 0.202 e. The van der Waals surface area contributed by atoms with Gasteiger partial charge in [0.1, 0.15) is 5.52 Å². The number of pyridine rings is 1. The second-order valence-corrected chi connectivity index (χ2v) is 5.30. The first-order valence-electron chi connectivity index (χ1n) is 5.44. The van der Waals surface area contributed by atoms with E-state index < -0.39 is 0 Å². The largest absolute Gasteiger partial charge is 0.369 e. The molecule has 2 aromatic rings. The van der Waals surface area contributed by atoms with Crippen molar-refractivity contribution in [1.82, 2.24) is 14.5 Å². The Hall–Kier alpha value is -1.23. The van der Waals surface area contributed by atoms with Crippen LogP contribution in [0.2, 0.25) is 0 Å². The molecule has 1 fully saturated rings. The van der Waals surface area contributed by atoms with E-state index in [9.17, 15) is 0 Å². The van der Waals surface area contributed by atoms with Gasteiger partial charge in [-0.1, -0.05) is 0 Å². The molecular weight excluding hydrogens is 220 g/mol. The number of rotatable bonds is 1. The lowest BCUT2D eigenvalue weighted by atomic mass is 10.2. The average molecular weight is 234 g/mol. The van der Waals surface area contributed by atoms with E-state index in [1.54, 1.807) is 0 Å². The molecule has 84 valence electrons. The van der Waals surface area contributed by atoms with E-state index in [-0.39, 0.29) is 0 Å². The summed E-state index contributed by atoms with van der Waals surface area (Å²) in [6.07, 6.45) is 1.16. The van der Waals surface area contributed by atoms with Crippen LogP contribution in [0.5, 0.6) is 0 Å². The Balaban J connectivity index is 2.20. The highest BCUT2D eigenvalue weighted by Gasteiger charge is 2.22. The van der Waals surface area contributed by atoms with E-state index in [2.05, 4.69) is 14.5 Å². The normalized spacial score (nSPS) is 20.7. The number of thioether (sulfide) groups is 1. The van der Waals surface area contributed by atoms with E-state index in [1.807, 2.05) is 30.8 Å². The van der Waals surface area contributed by atoms with Crippen LogP contribution in [0.4, 0.5) is 5.95 Å². The Morgan fingerprint density at radius 3 is 3.06 bits per heavy atom. The second-order valence-electron chi connectivity index (χ2n) is 4.15. The van der Waals surface area contributed by atoms with Crippen LogP contribution in [0.3, 0.4) is 0 Å². The fraction of sp³-hybridized carbons (Fsp3) is 0.455. The van der Waals surface area contributed by atoms with Gasteiger partial charge < -0.3 is 5.73 Å². The maximum absolute atomic E-state index is 5.99. The molecule has 1 unspecified atom stereocenters. The minimum absolute atomic E-state index is 0.462. The van der Waals surface area contributed by atoms with E-state index >= 15 is 0 Å². The third kappa shape index (κ3) is 1.46. The Labute approximate surface area is 98.3 Å². The zero-order valence-electron chi connectivity index (χ0n) is 9.18. The summed E-state index contributed by atoms with van der Waals surface area (Å²) in [6.45, 7) is 2.00. The van der Waals surface area contributed by atoms with Crippen molar-refractivity contribution >= 4 is 28.9 Å². The molecule has 0 bridgehead atoms. The minimum atomic E-state index is 0.462. The average Bonchev–Trinajstić information content (AvgIpc) is 2.83. The monoisotopic (exact) mass is 234 g/mol. The van der Waals surface area contributed by atoms with Gasteiger partial charge in [0.2, 0.25) is 5.95 Å². The van der Waals surface area contributed by atoms with E-state index in [0.717, 1.165) is 29.0 Å². The van der Waals surface area contributed by atoms with Crippen LogP contribution in [-0.4, -0.2) is 26.0 Å². The molecule has 0 amide bonds. The van der Waals surface area contributed by atoms with Crippen molar-refractivity contribution in [3.63, 3.8) is 0 Å². The van der Waals surface area contributed by atoms with Crippen LogP contribution >= 0.6 is 11.8 Å². The zero-order chi connectivity index (χ0) is 11.1. The van der Waals surface area contributed by atoms with Gasteiger partial charge in [0.05, 0.1) is 0 Å². The van der Waals surface area contributed by atoms with Crippen LogP contribution < -0.4 is 5.73 Å². The summed E-state index contributed by atoms with van der Waals surface area (Å²) in [5.74, 6) is 2.92. The molecule has 3 rings (SSSR count). The summed E-state index contributed by atoms with van der Waals surface area (Å²) in [5, 5.41) is 0. The maximum atomic E-state index is 5.99. The van der Waals surface area contributed by atoms with Crippen LogP contribution in [0.15, 0.2) is 12.1 Å². The fourth-order valence-electron chi connectivity index (χ4n) is 2.17. The number of imidazole rings is 1. The van der Waals surface area contributed by atoms with Gasteiger partial charge in [-0.05, 0) is 31.2 Å². The lowest BCUT2D eigenvalue weighted by molar-refractivity contribution is 0.579. The summed E-state index contributed by atoms with van der Waals surface area (Å²) in [7, 11) is 0. The van der Waals surface area contributed by atoms with Gasteiger partial charge >= 0.3 is 0 Å². The molecule has 0 saturated carbocycles. The topological polar surface area (TPSA) is 56.7 Å². The van der Waals surface area contributed by atoms with Gasteiger partial charge in [-0.25, -0.2) is 9.97 Å². The Bertz CT molecular complexity index is 528. The third-order valence-corrected chi connectivity index (χ3v) is 4.12. The molecule has 1 saturated heterocycles. The molecule has 5 heteroatoms. The molecule has 2 N–H and O–H groups in total. The van der Waals surface area contributed by atoms with Gasteiger partial charge in [0.15, 0.2) is 5.65 Å². The number of anilines is 1.